The maximum absolute atomic E-state index is 11.5. The van der Waals surface area contributed by atoms with Crippen molar-refractivity contribution >= 4 is 21.7 Å². The molecule has 0 saturated heterocycles. The third-order valence-corrected chi connectivity index (χ3v) is 3.66. The van der Waals surface area contributed by atoms with Crippen molar-refractivity contribution in [1.82, 2.24) is 9.97 Å². The Hall–Kier alpha value is -0.840. The first-order valence-corrected chi connectivity index (χ1v) is 6.03. The minimum Gasteiger partial charge on any atom is -0.383 e. The Morgan fingerprint density at radius 2 is 2.00 bits per heavy atom. The lowest BCUT2D eigenvalue weighted by Crippen LogP contribution is -2.18. The average Bonchev–Trinajstić information content (AvgIpc) is 2.26. The molecule has 0 spiro atoms. The maximum atomic E-state index is 11.5. The van der Waals surface area contributed by atoms with Crippen LogP contribution < -0.4 is 11.3 Å². The molecule has 1 saturated carbocycles. The Labute approximate surface area is 96.4 Å². The molecular weight excluding hydrogens is 258 g/mol. The summed E-state index contributed by atoms with van der Waals surface area (Å²) in [5.41, 5.74) is 5.47. The Balaban J connectivity index is 2.32. The molecule has 0 bridgehead atoms. The van der Waals surface area contributed by atoms with Crippen LogP contribution in [0.3, 0.4) is 0 Å². The number of aromatic amines is 1. The van der Waals surface area contributed by atoms with Crippen molar-refractivity contribution in [2.24, 2.45) is 0 Å². The van der Waals surface area contributed by atoms with E-state index in [0.717, 1.165) is 18.7 Å². The zero-order valence-corrected chi connectivity index (χ0v) is 10.0. The Morgan fingerprint density at radius 3 is 2.60 bits per heavy atom. The third-order valence-electron chi connectivity index (χ3n) is 2.90. The van der Waals surface area contributed by atoms with E-state index in [9.17, 15) is 4.79 Å². The molecule has 5 heteroatoms. The van der Waals surface area contributed by atoms with E-state index in [2.05, 4.69) is 25.9 Å². The number of nitrogen functional groups attached to an aromatic ring is 1. The summed E-state index contributed by atoms with van der Waals surface area (Å²) in [6.07, 6.45) is 5.91. The standard InChI is InChI=1S/C10H14BrN3O/c11-7-8(12)13-9(14-10(7)15)6-4-2-1-3-5-6/h6H,1-5H2,(H3,12,13,14,15). The number of nitrogens with two attached hydrogens (primary N) is 1. The van der Waals surface area contributed by atoms with Gasteiger partial charge in [0.25, 0.3) is 5.56 Å². The monoisotopic (exact) mass is 271 g/mol. The predicted molar refractivity (Wildman–Crippen MR) is 62.8 cm³/mol. The molecule has 1 aliphatic rings. The number of nitrogens with one attached hydrogen (secondary N) is 1. The first-order valence-electron chi connectivity index (χ1n) is 5.23. The van der Waals surface area contributed by atoms with Crippen molar-refractivity contribution in [1.29, 1.82) is 0 Å². The fourth-order valence-electron chi connectivity index (χ4n) is 2.06. The first kappa shape index (κ1) is 10.7. The van der Waals surface area contributed by atoms with Crippen LogP contribution in [-0.2, 0) is 0 Å². The highest BCUT2D eigenvalue weighted by Gasteiger charge is 2.19. The number of anilines is 1. The molecule has 0 atom stereocenters. The highest BCUT2D eigenvalue weighted by Crippen LogP contribution is 2.30. The molecule has 0 radical (unpaired) electrons. The van der Waals surface area contributed by atoms with Gasteiger partial charge in [0.2, 0.25) is 0 Å². The highest BCUT2D eigenvalue weighted by atomic mass is 79.9. The zero-order chi connectivity index (χ0) is 10.8. The summed E-state index contributed by atoms with van der Waals surface area (Å²) in [6.45, 7) is 0. The van der Waals surface area contributed by atoms with E-state index in [-0.39, 0.29) is 5.56 Å². The van der Waals surface area contributed by atoms with Crippen LogP contribution in [0.2, 0.25) is 0 Å². The van der Waals surface area contributed by atoms with Crippen molar-refractivity contribution in [3.8, 4) is 0 Å². The number of hydrogen-bond donors (Lipinski definition) is 2. The molecule has 0 unspecified atom stereocenters. The van der Waals surface area contributed by atoms with Gasteiger partial charge in [-0.25, -0.2) is 4.98 Å². The lowest BCUT2D eigenvalue weighted by atomic mass is 9.89. The van der Waals surface area contributed by atoms with Gasteiger partial charge in [0.1, 0.15) is 16.1 Å². The van der Waals surface area contributed by atoms with Gasteiger partial charge in [0.05, 0.1) is 0 Å². The zero-order valence-electron chi connectivity index (χ0n) is 8.42. The maximum Gasteiger partial charge on any atom is 0.267 e. The van der Waals surface area contributed by atoms with Crippen LogP contribution in [0, 0.1) is 0 Å². The molecular formula is C10H14BrN3O. The predicted octanol–water partition coefficient (Wildman–Crippen LogP) is 2.16. The summed E-state index contributed by atoms with van der Waals surface area (Å²) in [5.74, 6) is 1.42. The molecule has 1 aromatic rings. The molecule has 82 valence electrons. The average molecular weight is 272 g/mol. The fourth-order valence-corrected chi connectivity index (χ4v) is 2.25. The molecule has 1 heterocycles. The molecule has 3 N–H and O–H groups in total. The van der Waals surface area contributed by atoms with Crippen LogP contribution in [-0.4, -0.2) is 9.97 Å². The van der Waals surface area contributed by atoms with E-state index in [4.69, 9.17) is 5.73 Å². The molecule has 1 fully saturated rings. The minimum absolute atomic E-state index is 0.178. The largest absolute Gasteiger partial charge is 0.383 e. The summed E-state index contributed by atoms with van der Waals surface area (Å²) in [6, 6.07) is 0. The Kier molecular flexibility index (Phi) is 3.09. The second-order valence-corrected chi connectivity index (χ2v) is 4.78. The van der Waals surface area contributed by atoms with Crippen LogP contribution in [0.25, 0.3) is 0 Å². The lowest BCUT2D eigenvalue weighted by Gasteiger charge is -2.20. The van der Waals surface area contributed by atoms with Gasteiger partial charge in [-0.1, -0.05) is 19.3 Å². The second kappa shape index (κ2) is 4.35. The summed E-state index contributed by atoms with van der Waals surface area (Å²) in [5, 5.41) is 0. The number of H-pyrrole nitrogens is 1. The fraction of sp³-hybridized carbons (Fsp3) is 0.600. The van der Waals surface area contributed by atoms with E-state index in [1.807, 2.05) is 0 Å². The van der Waals surface area contributed by atoms with Crippen molar-refractivity contribution in [2.75, 3.05) is 5.73 Å². The highest BCUT2D eigenvalue weighted by molar-refractivity contribution is 9.10. The van der Waals surface area contributed by atoms with E-state index in [1.165, 1.54) is 19.3 Å². The van der Waals surface area contributed by atoms with Gasteiger partial charge < -0.3 is 10.7 Å². The quantitative estimate of drug-likeness (QED) is 0.822. The van der Waals surface area contributed by atoms with Gasteiger partial charge in [-0.3, -0.25) is 4.79 Å². The van der Waals surface area contributed by atoms with Crippen LogP contribution in [0.1, 0.15) is 43.8 Å². The number of hydrogen-bond acceptors (Lipinski definition) is 3. The van der Waals surface area contributed by atoms with Gasteiger partial charge in [-0.15, -0.1) is 0 Å². The molecule has 4 nitrogen and oxygen atoms in total. The molecule has 0 aromatic carbocycles. The molecule has 0 aliphatic heterocycles. The molecule has 1 aromatic heterocycles. The molecule has 1 aliphatic carbocycles. The van der Waals surface area contributed by atoms with Crippen LogP contribution in [0.5, 0.6) is 0 Å². The first-order chi connectivity index (χ1) is 7.18. The summed E-state index contributed by atoms with van der Waals surface area (Å²) in [7, 11) is 0. The number of nitrogens with zero attached hydrogens (tertiary/aromatic N) is 1. The normalized spacial score (nSPS) is 17.9. The number of rotatable bonds is 1. The summed E-state index contributed by atoms with van der Waals surface area (Å²) >= 11 is 3.11. The summed E-state index contributed by atoms with van der Waals surface area (Å²) in [4.78, 5) is 18.5. The molecule has 15 heavy (non-hydrogen) atoms. The topological polar surface area (TPSA) is 71.8 Å². The Bertz CT molecular complexity index is 410. The number of halogens is 1. The Morgan fingerprint density at radius 1 is 1.33 bits per heavy atom. The van der Waals surface area contributed by atoms with E-state index in [1.54, 1.807) is 0 Å². The van der Waals surface area contributed by atoms with Gasteiger partial charge in [0.15, 0.2) is 0 Å². The lowest BCUT2D eigenvalue weighted by molar-refractivity contribution is 0.428. The van der Waals surface area contributed by atoms with Crippen molar-refractivity contribution in [3.63, 3.8) is 0 Å². The van der Waals surface area contributed by atoms with Gasteiger partial charge >= 0.3 is 0 Å². The van der Waals surface area contributed by atoms with Gasteiger partial charge in [-0.2, -0.15) is 0 Å². The second-order valence-electron chi connectivity index (χ2n) is 3.99. The van der Waals surface area contributed by atoms with Crippen molar-refractivity contribution in [2.45, 2.75) is 38.0 Å². The van der Waals surface area contributed by atoms with Crippen LogP contribution >= 0.6 is 15.9 Å². The van der Waals surface area contributed by atoms with E-state index in [0.29, 0.717) is 16.2 Å². The van der Waals surface area contributed by atoms with Crippen molar-refractivity contribution in [3.05, 3.63) is 20.7 Å². The molecule has 2 rings (SSSR count). The smallest absolute Gasteiger partial charge is 0.267 e. The van der Waals surface area contributed by atoms with Crippen molar-refractivity contribution < 1.29 is 0 Å². The van der Waals surface area contributed by atoms with Gasteiger partial charge in [-0.05, 0) is 28.8 Å². The minimum atomic E-state index is -0.178. The van der Waals surface area contributed by atoms with E-state index < -0.39 is 0 Å². The van der Waals surface area contributed by atoms with Crippen LogP contribution in [0.4, 0.5) is 5.82 Å². The summed E-state index contributed by atoms with van der Waals surface area (Å²) < 4.78 is 0.335. The third kappa shape index (κ3) is 2.22. The van der Waals surface area contributed by atoms with Gasteiger partial charge in [0, 0.05) is 5.92 Å². The van der Waals surface area contributed by atoms with E-state index >= 15 is 0 Å². The SMILES string of the molecule is Nc1nc(C2CCCCC2)[nH]c(=O)c1Br. The molecule has 0 amide bonds. The van der Waals surface area contributed by atoms with Crippen LogP contribution in [0.15, 0.2) is 9.27 Å². The number of aromatic nitrogens is 2.